The number of aliphatic hydroxyl groups is 1. The quantitative estimate of drug-likeness (QED) is 0.817. The van der Waals surface area contributed by atoms with Crippen LogP contribution in [-0.4, -0.2) is 34.5 Å². The highest BCUT2D eigenvalue weighted by atomic mass is 16.5. The smallest absolute Gasteiger partial charge is 0.246 e. The van der Waals surface area contributed by atoms with Gasteiger partial charge in [-0.1, -0.05) is 11.8 Å². The number of rotatable bonds is 4. The number of methoxy groups -OCH3 is 1. The summed E-state index contributed by atoms with van der Waals surface area (Å²) in [5, 5.41) is 15.4. The van der Waals surface area contributed by atoms with Crippen LogP contribution >= 0.6 is 0 Å². The Hall–Kier alpha value is -2.78. The van der Waals surface area contributed by atoms with Gasteiger partial charge in [0.1, 0.15) is 18.9 Å². The summed E-state index contributed by atoms with van der Waals surface area (Å²) in [7, 11) is 1.53. The minimum Gasteiger partial charge on any atom is -0.495 e. The molecule has 2 rings (SSSR count). The van der Waals surface area contributed by atoms with Crippen LogP contribution in [0.25, 0.3) is 0 Å². The lowest BCUT2D eigenvalue weighted by atomic mass is 10.2. The molecular weight excluding hydrogens is 270 g/mol. The first kappa shape index (κ1) is 14.6. The standard InChI is InChI=1S/C15H15N3O3/c1-21-14-6-5-12(4-2-9-19)10-13(14)17-15(20)11-18-8-3-7-16-18/h3,5-8,10,19H,9,11H2,1H3,(H,17,20). The van der Waals surface area contributed by atoms with Gasteiger partial charge in [0.15, 0.2) is 0 Å². The number of carbonyl (C=O) groups is 1. The minimum absolute atomic E-state index is 0.114. The largest absolute Gasteiger partial charge is 0.495 e. The molecule has 0 atom stereocenters. The number of nitrogens with one attached hydrogen (secondary N) is 1. The monoisotopic (exact) mass is 285 g/mol. The van der Waals surface area contributed by atoms with Crippen LogP contribution in [0.3, 0.4) is 0 Å². The molecule has 21 heavy (non-hydrogen) atoms. The first-order chi connectivity index (χ1) is 10.2. The van der Waals surface area contributed by atoms with Crippen molar-refractivity contribution in [2.75, 3.05) is 19.0 Å². The summed E-state index contributed by atoms with van der Waals surface area (Å²) in [6.07, 6.45) is 3.32. The predicted octanol–water partition coefficient (Wildman–Crippen LogP) is 0.874. The molecule has 0 aliphatic carbocycles. The third kappa shape index (κ3) is 4.09. The van der Waals surface area contributed by atoms with Gasteiger partial charge in [-0.05, 0) is 24.3 Å². The van der Waals surface area contributed by atoms with Gasteiger partial charge in [-0.3, -0.25) is 9.48 Å². The van der Waals surface area contributed by atoms with E-state index < -0.39 is 0 Å². The molecule has 0 saturated carbocycles. The van der Waals surface area contributed by atoms with Crippen molar-refractivity contribution in [3.05, 3.63) is 42.2 Å². The molecule has 2 aromatic rings. The van der Waals surface area contributed by atoms with Crippen LogP contribution in [0.1, 0.15) is 5.56 Å². The van der Waals surface area contributed by atoms with E-state index in [9.17, 15) is 4.79 Å². The molecule has 2 N–H and O–H groups in total. The number of benzene rings is 1. The van der Waals surface area contributed by atoms with E-state index in [1.807, 2.05) is 0 Å². The Kier molecular flexibility index (Phi) is 4.96. The number of hydrogen-bond donors (Lipinski definition) is 2. The second kappa shape index (κ2) is 7.12. The zero-order chi connectivity index (χ0) is 15.1. The van der Waals surface area contributed by atoms with E-state index in [0.717, 1.165) is 0 Å². The molecule has 6 nitrogen and oxygen atoms in total. The maximum absolute atomic E-state index is 12.0. The zero-order valence-corrected chi connectivity index (χ0v) is 11.5. The molecule has 0 aliphatic rings. The SMILES string of the molecule is COc1ccc(C#CCO)cc1NC(=O)Cn1cccn1. The van der Waals surface area contributed by atoms with E-state index in [1.165, 1.54) is 11.8 Å². The number of aliphatic hydroxyl groups excluding tert-OH is 1. The van der Waals surface area contributed by atoms with E-state index in [-0.39, 0.29) is 19.1 Å². The van der Waals surface area contributed by atoms with Crippen molar-refractivity contribution in [2.24, 2.45) is 0 Å². The number of amides is 1. The summed E-state index contributed by atoms with van der Waals surface area (Å²) in [4.78, 5) is 12.0. The molecule has 0 fully saturated rings. The highest BCUT2D eigenvalue weighted by Crippen LogP contribution is 2.25. The van der Waals surface area contributed by atoms with E-state index in [0.29, 0.717) is 17.0 Å². The van der Waals surface area contributed by atoms with Gasteiger partial charge in [-0.2, -0.15) is 5.10 Å². The molecule has 0 bridgehead atoms. The van der Waals surface area contributed by atoms with Crippen LogP contribution in [0.15, 0.2) is 36.7 Å². The lowest BCUT2D eigenvalue weighted by Crippen LogP contribution is -2.19. The lowest BCUT2D eigenvalue weighted by molar-refractivity contribution is -0.116. The van der Waals surface area contributed by atoms with Crippen LogP contribution in [0.2, 0.25) is 0 Å². The van der Waals surface area contributed by atoms with Crippen molar-refractivity contribution in [3.63, 3.8) is 0 Å². The fourth-order valence-electron chi connectivity index (χ4n) is 1.76. The molecular formula is C15H15N3O3. The normalized spacial score (nSPS) is 9.62. The number of aromatic nitrogens is 2. The van der Waals surface area contributed by atoms with Crippen LogP contribution in [-0.2, 0) is 11.3 Å². The Bertz CT molecular complexity index is 669. The average molecular weight is 285 g/mol. The van der Waals surface area contributed by atoms with E-state index in [1.54, 1.807) is 36.7 Å². The Morgan fingerprint density at radius 3 is 3.05 bits per heavy atom. The summed E-state index contributed by atoms with van der Waals surface area (Å²) in [6.45, 7) is -0.101. The van der Waals surface area contributed by atoms with Crippen molar-refractivity contribution in [2.45, 2.75) is 6.54 Å². The molecule has 6 heteroatoms. The summed E-state index contributed by atoms with van der Waals surface area (Å²) in [6, 6.07) is 6.91. The average Bonchev–Trinajstić information content (AvgIpc) is 2.98. The van der Waals surface area contributed by atoms with Crippen LogP contribution in [0.4, 0.5) is 5.69 Å². The summed E-state index contributed by atoms with van der Waals surface area (Å²) in [5.74, 6) is 5.66. The molecule has 0 spiro atoms. The number of ether oxygens (including phenoxy) is 1. The van der Waals surface area contributed by atoms with Gasteiger partial charge in [0.25, 0.3) is 0 Å². The fourth-order valence-corrected chi connectivity index (χ4v) is 1.76. The molecule has 1 aromatic heterocycles. The van der Waals surface area contributed by atoms with Crippen LogP contribution < -0.4 is 10.1 Å². The second-order valence-corrected chi connectivity index (χ2v) is 4.13. The predicted molar refractivity (Wildman–Crippen MR) is 77.8 cm³/mol. The van der Waals surface area contributed by atoms with Crippen molar-refractivity contribution < 1.29 is 14.6 Å². The van der Waals surface area contributed by atoms with Gasteiger partial charge in [0.05, 0.1) is 12.8 Å². The Labute approximate surface area is 122 Å². The molecule has 1 heterocycles. The van der Waals surface area contributed by atoms with Crippen LogP contribution in [0, 0.1) is 11.8 Å². The first-order valence-corrected chi connectivity index (χ1v) is 6.28. The van der Waals surface area contributed by atoms with Gasteiger partial charge >= 0.3 is 0 Å². The summed E-state index contributed by atoms with van der Waals surface area (Å²) < 4.78 is 6.73. The summed E-state index contributed by atoms with van der Waals surface area (Å²) in [5.41, 5.74) is 1.21. The third-order valence-corrected chi connectivity index (χ3v) is 2.65. The highest BCUT2D eigenvalue weighted by Gasteiger charge is 2.09. The fraction of sp³-hybridized carbons (Fsp3) is 0.200. The second-order valence-electron chi connectivity index (χ2n) is 4.13. The highest BCUT2D eigenvalue weighted by molar-refractivity contribution is 5.92. The molecule has 1 aromatic carbocycles. The molecule has 108 valence electrons. The third-order valence-electron chi connectivity index (χ3n) is 2.65. The zero-order valence-electron chi connectivity index (χ0n) is 11.5. The lowest BCUT2D eigenvalue weighted by Gasteiger charge is -2.10. The Balaban J connectivity index is 2.14. The minimum atomic E-state index is -0.218. The van der Waals surface area contributed by atoms with Crippen LogP contribution in [0.5, 0.6) is 5.75 Å². The Morgan fingerprint density at radius 1 is 1.52 bits per heavy atom. The summed E-state index contributed by atoms with van der Waals surface area (Å²) >= 11 is 0. The van der Waals surface area contributed by atoms with Gasteiger partial charge in [0, 0.05) is 18.0 Å². The van der Waals surface area contributed by atoms with Crippen molar-refractivity contribution in [1.29, 1.82) is 0 Å². The van der Waals surface area contributed by atoms with E-state index in [4.69, 9.17) is 9.84 Å². The maximum Gasteiger partial charge on any atom is 0.246 e. The van der Waals surface area contributed by atoms with Gasteiger partial charge in [-0.25, -0.2) is 0 Å². The van der Waals surface area contributed by atoms with Gasteiger partial charge < -0.3 is 15.2 Å². The number of carbonyl (C=O) groups excluding carboxylic acids is 1. The molecule has 0 aliphatic heterocycles. The Morgan fingerprint density at radius 2 is 2.38 bits per heavy atom. The first-order valence-electron chi connectivity index (χ1n) is 6.28. The van der Waals surface area contributed by atoms with Gasteiger partial charge in [-0.15, -0.1) is 0 Å². The van der Waals surface area contributed by atoms with Crippen molar-refractivity contribution in [1.82, 2.24) is 9.78 Å². The number of hydrogen-bond acceptors (Lipinski definition) is 4. The maximum atomic E-state index is 12.0. The number of anilines is 1. The number of nitrogens with zero attached hydrogens (tertiary/aromatic N) is 2. The molecule has 0 saturated heterocycles. The van der Waals surface area contributed by atoms with Gasteiger partial charge in [0.2, 0.25) is 5.91 Å². The molecule has 1 amide bonds. The van der Waals surface area contributed by atoms with Crippen molar-refractivity contribution in [3.8, 4) is 17.6 Å². The molecule has 0 unspecified atom stereocenters. The van der Waals surface area contributed by atoms with E-state index in [2.05, 4.69) is 22.3 Å². The topological polar surface area (TPSA) is 76.4 Å². The molecule has 0 radical (unpaired) electrons. The van der Waals surface area contributed by atoms with E-state index >= 15 is 0 Å². The van der Waals surface area contributed by atoms with Crippen molar-refractivity contribution >= 4 is 11.6 Å².